The number of ether oxygens (including phenoxy) is 1. The molecule has 0 aliphatic carbocycles. The Morgan fingerprint density at radius 2 is 1.96 bits per heavy atom. The van der Waals surface area contributed by atoms with E-state index in [1.165, 1.54) is 19.2 Å². The number of carbonyl (C=O) groups is 2. The summed E-state index contributed by atoms with van der Waals surface area (Å²) in [5.41, 5.74) is 11.5. The lowest BCUT2D eigenvalue weighted by Gasteiger charge is -2.51. The number of benzene rings is 1. The zero-order chi connectivity index (χ0) is 37.3. The van der Waals surface area contributed by atoms with Crippen LogP contribution in [0.1, 0.15) is 19.5 Å². The monoisotopic (exact) mass is 753 g/mol. The van der Waals surface area contributed by atoms with Gasteiger partial charge < -0.3 is 36.2 Å². The summed E-state index contributed by atoms with van der Waals surface area (Å²) >= 11 is 1.05. The number of carbonyl (C=O) groups excluding carboxylic acids is 4. The Morgan fingerprint density at radius 3 is 2.51 bits per heavy atom. The van der Waals surface area contributed by atoms with Crippen molar-refractivity contribution in [2.24, 2.45) is 16.8 Å². The SMILES string of the molecule is CC1(C)[C@H](NC(=O)/C(=N\OCCOc2ccc(-c3cn(CC4CNC4)[n+](CC(F)CN)c3)cc2)c2csc(N)n2)C(=O)N1OS(=O)(=O)[O-].O=C=O. The average molecular weight is 754 g/mol. The predicted molar refractivity (Wildman–Crippen MR) is 174 cm³/mol. The van der Waals surface area contributed by atoms with E-state index >= 15 is 0 Å². The molecule has 2 saturated heterocycles. The fourth-order valence-corrected chi connectivity index (χ4v) is 6.05. The summed E-state index contributed by atoms with van der Waals surface area (Å²) in [6, 6.07) is 6.10. The first-order chi connectivity index (χ1) is 24.2. The molecular weight excluding hydrogens is 718 g/mol. The number of anilines is 1. The van der Waals surface area contributed by atoms with Gasteiger partial charge in [-0.15, -0.1) is 16.0 Å². The lowest BCUT2D eigenvalue weighted by atomic mass is 9.84. The Hall–Kier alpha value is -4.83. The highest BCUT2D eigenvalue weighted by Crippen LogP contribution is 2.33. The zero-order valence-corrected chi connectivity index (χ0v) is 29.0. The number of hydrogen-bond donors (Lipinski definition) is 4. The molecular formula is C29H36FN9O10S2. The molecule has 3 aromatic rings. The van der Waals surface area contributed by atoms with Crippen molar-refractivity contribution in [1.82, 2.24) is 25.4 Å². The summed E-state index contributed by atoms with van der Waals surface area (Å²) in [4.78, 5) is 51.2. The summed E-state index contributed by atoms with van der Waals surface area (Å²) in [5.74, 6) is -0.779. The van der Waals surface area contributed by atoms with E-state index in [1.807, 2.05) is 33.9 Å². The Balaban J connectivity index is 0.00000188. The highest BCUT2D eigenvalue weighted by atomic mass is 32.3. The number of hydroxylamine groups is 2. The van der Waals surface area contributed by atoms with Gasteiger partial charge in [-0.2, -0.15) is 23.6 Å². The molecule has 2 aromatic heterocycles. The lowest BCUT2D eigenvalue weighted by Crippen LogP contribution is -2.76. The second kappa shape index (κ2) is 16.9. The molecule has 276 valence electrons. The third kappa shape index (κ3) is 10.1. The minimum atomic E-state index is -5.21. The normalized spacial score (nSPS) is 17.7. The number of hydrogen-bond acceptors (Lipinski definition) is 16. The van der Waals surface area contributed by atoms with Crippen molar-refractivity contribution in [3.05, 3.63) is 47.7 Å². The van der Waals surface area contributed by atoms with E-state index in [1.54, 1.807) is 12.1 Å². The molecule has 22 heteroatoms. The quantitative estimate of drug-likeness (QED) is 0.0252. The molecule has 4 heterocycles. The molecule has 19 nitrogen and oxygen atoms in total. The first-order valence-electron chi connectivity index (χ1n) is 15.3. The van der Waals surface area contributed by atoms with Gasteiger partial charge in [-0.1, -0.05) is 17.3 Å². The second-order valence-corrected chi connectivity index (χ2v) is 13.6. The number of nitrogen functional groups attached to an aromatic ring is 1. The van der Waals surface area contributed by atoms with Gasteiger partial charge in [0.15, 0.2) is 23.6 Å². The smallest absolute Gasteiger partial charge is 0.373 e. The van der Waals surface area contributed by atoms with E-state index in [0.717, 1.165) is 42.1 Å². The van der Waals surface area contributed by atoms with Crippen molar-refractivity contribution in [2.45, 2.75) is 44.7 Å². The van der Waals surface area contributed by atoms with Crippen molar-refractivity contribution in [3.63, 3.8) is 0 Å². The third-order valence-corrected chi connectivity index (χ3v) is 8.75. The maximum absolute atomic E-state index is 14.1. The van der Waals surface area contributed by atoms with Gasteiger partial charge in [0, 0.05) is 30.9 Å². The number of thiazole rings is 1. The molecule has 51 heavy (non-hydrogen) atoms. The van der Waals surface area contributed by atoms with Crippen molar-refractivity contribution in [2.75, 3.05) is 38.6 Å². The fraction of sp³-hybridized carbons (Fsp3) is 0.448. The summed E-state index contributed by atoms with van der Waals surface area (Å²) in [5, 5.41) is 11.6. The predicted octanol–water partition coefficient (Wildman–Crippen LogP) is -1.29. The molecule has 1 unspecified atom stereocenters. The van der Waals surface area contributed by atoms with Crippen LogP contribution in [0.3, 0.4) is 0 Å². The van der Waals surface area contributed by atoms with Crippen LogP contribution in [0.25, 0.3) is 11.1 Å². The molecule has 2 aliphatic rings. The largest absolute Gasteiger partial charge is 0.724 e. The molecule has 0 radical (unpaired) electrons. The number of halogens is 1. The molecule has 6 N–H and O–H groups in total. The average Bonchev–Trinajstić information content (AvgIpc) is 3.67. The number of nitrogens with two attached hydrogens (primary N) is 2. The van der Waals surface area contributed by atoms with Gasteiger partial charge in [0.05, 0.1) is 23.8 Å². The summed E-state index contributed by atoms with van der Waals surface area (Å²) in [6.07, 6.45) is 3.00. The number of aromatic nitrogens is 3. The molecule has 0 saturated carbocycles. The van der Waals surface area contributed by atoms with E-state index in [-0.39, 0.29) is 49.0 Å². The Morgan fingerprint density at radius 1 is 1.27 bits per heavy atom. The highest BCUT2D eigenvalue weighted by Gasteiger charge is 2.57. The van der Waals surface area contributed by atoms with Crippen LogP contribution in [-0.4, -0.2) is 102 Å². The maximum atomic E-state index is 14.1. The molecule has 0 spiro atoms. The van der Waals surface area contributed by atoms with Gasteiger partial charge >= 0.3 is 6.15 Å². The van der Waals surface area contributed by atoms with E-state index in [0.29, 0.717) is 16.7 Å². The van der Waals surface area contributed by atoms with Gasteiger partial charge in [-0.05, 0) is 31.5 Å². The minimum Gasteiger partial charge on any atom is -0.724 e. The van der Waals surface area contributed by atoms with Crippen LogP contribution < -0.4 is 31.5 Å². The molecule has 2 amide bonds. The van der Waals surface area contributed by atoms with Gasteiger partial charge in [0.25, 0.3) is 11.8 Å². The number of alkyl halides is 1. The molecule has 0 bridgehead atoms. The van der Waals surface area contributed by atoms with Crippen LogP contribution in [0.4, 0.5) is 9.52 Å². The maximum Gasteiger partial charge on any atom is 0.373 e. The summed E-state index contributed by atoms with van der Waals surface area (Å²) < 4.78 is 60.9. The number of nitrogens with zero attached hydrogens (tertiary/aromatic N) is 5. The van der Waals surface area contributed by atoms with Crippen LogP contribution in [0, 0.1) is 5.92 Å². The highest BCUT2D eigenvalue weighted by molar-refractivity contribution is 7.80. The van der Waals surface area contributed by atoms with Crippen LogP contribution in [0.2, 0.25) is 0 Å². The van der Waals surface area contributed by atoms with Gasteiger partial charge in [-0.25, -0.2) is 17.8 Å². The minimum absolute atomic E-state index is 0.0533. The lowest BCUT2D eigenvalue weighted by molar-refractivity contribution is -0.779. The molecule has 5 rings (SSSR count). The number of nitrogens with one attached hydrogen (secondary N) is 2. The van der Waals surface area contributed by atoms with Gasteiger partial charge in [0.1, 0.15) is 24.1 Å². The Labute approximate surface area is 295 Å². The van der Waals surface area contributed by atoms with Crippen molar-refractivity contribution < 1.29 is 55.1 Å². The van der Waals surface area contributed by atoms with Crippen LogP contribution in [0.15, 0.2) is 47.2 Å². The van der Waals surface area contributed by atoms with Crippen LogP contribution >= 0.6 is 11.3 Å². The second-order valence-electron chi connectivity index (χ2n) is 11.8. The van der Waals surface area contributed by atoms with E-state index < -0.39 is 40.0 Å². The van der Waals surface area contributed by atoms with Crippen molar-refractivity contribution in [1.29, 1.82) is 0 Å². The first kappa shape index (κ1) is 39.0. The van der Waals surface area contributed by atoms with E-state index in [2.05, 4.69) is 25.1 Å². The zero-order valence-electron chi connectivity index (χ0n) is 27.4. The Bertz CT molecular complexity index is 1830. The molecule has 2 fully saturated rings. The number of rotatable bonds is 16. The topological polar surface area (TPSA) is 267 Å². The Kier molecular flexibility index (Phi) is 12.9. The van der Waals surface area contributed by atoms with Crippen molar-refractivity contribution >= 4 is 50.5 Å². The summed E-state index contributed by atoms with van der Waals surface area (Å²) in [6.45, 7) is 5.51. The van der Waals surface area contributed by atoms with Crippen LogP contribution in [0.5, 0.6) is 5.75 Å². The number of β-lactam (4-membered cyclic amide) rings is 1. The van der Waals surface area contributed by atoms with E-state index in [9.17, 15) is 27.0 Å². The van der Waals surface area contributed by atoms with Crippen molar-refractivity contribution in [3.8, 4) is 16.9 Å². The molecule has 1 aromatic carbocycles. The first-order valence-corrected chi connectivity index (χ1v) is 17.5. The van der Waals surface area contributed by atoms with Gasteiger partial charge in [-0.3, -0.25) is 9.59 Å². The van der Waals surface area contributed by atoms with Gasteiger partial charge in [0.2, 0.25) is 23.1 Å². The molecule has 2 atom stereocenters. The fourth-order valence-electron chi connectivity index (χ4n) is 5.05. The number of amides is 2. The number of oxime groups is 1. The standard InChI is InChI=1S/C28H36FN9O8S2.CO2/c1-28(2)24(26(40)38(28)46-48(41,42)43)34-25(39)23(22-16-47-27(31)33-22)35-45-8-7-44-21-5-3-18(4-6-21)19-13-36(12-17-10-32-11-17)37(14-19)15-20(29)9-30;2-1-3/h3-6,13-14,16-17,20,24,32H,7-12,15,30H2,1-2H3,(H3-,31,33,34,39,41,42,43);/b35-23-;/t20?,24-;/m1./s1. The summed E-state index contributed by atoms with van der Waals surface area (Å²) in [7, 11) is -5.21. The molecule has 2 aliphatic heterocycles. The van der Waals surface area contributed by atoms with E-state index in [4.69, 9.17) is 30.6 Å². The van der Waals surface area contributed by atoms with Crippen LogP contribution in [-0.2, 0) is 51.8 Å². The third-order valence-electron chi connectivity index (χ3n) is 7.74.